The lowest BCUT2D eigenvalue weighted by molar-refractivity contribution is -0.129. The van der Waals surface area contributed by atoms with E-state index in [1.807, 2.05) is 17.0 Å². The molecule has 0 N–H and O–H groups in total. The number of piperazine rings is 1. The summed E-state index contributed by atoms with van der Waals surface area (Å²) in [7, 11) is 0. The van der Waals surface area contributed by atoms with Crippen LogP contribution in [0.5, 0.6) is 0 Å². The van der Waals surface area contributed by atoms with E-state index in [-0.39, 0.29) is 11.3 Å². The van der Waals surface area contributed by atoms with Gasteiger partial charge in [0.05, 0.1) is 5.69 Å². The van der Waals surface area contributed by atoms with Crippen LogP contribution in [0, 0.1) is 0 Å². The van der Waals surface area contributed by atoms with E-state index >= 15 is 0 Å². The number of anilines is 1. The fourth-order valence-corrected chi connectivity index (χ4v) is 5.59. The normalized spacial score (nSPS) is 19.7. The van der Waals surface area contributed by atoms with Crippen molar-refractivity contribution in [3.05, 3.63) is 44.9 Å². The minimum absolute atomic E-state index is 0.126. The fourth-order valence-electron chi connectivity index (χ4n) is 4.08. The summed E-state index contributed by atoms with van der Waals surface area (Å²) in [6.07, 6.45) is 1.69. The van der Waals surface area contributed by atoms with Crippen LogP contribution in [0.4, 0.5) is 5.13 Å². The maximum atomic E-state index is 11.6. The molecule has 2 aliphatic heterocycles. The molecule has 0 radical (unpaired) electrons. The van der Waals surface area contributed by atoms with E-state index < -0.39 is 0 Å². The standard InChI is InChI=1S/C20H23Cl2N3O2S/c1-14(26)24-8-10-25(11-9-24)19-23-17(18(22)28-19)20(6-12-27-13-7-20)15-2-4-16(21)5-3-15/h2-5H,6-13H2,1H3. The third-order valence-corrected chi connectivity index (χ3v) is 7.33. The Morgan fingerprint density at radius 3 is 2.36 bits per heavy atom. The van der Waals surface area contributed by atoms with E-state index in [0.717, 1.165) is 59.2 Å². The zero-order valence-corrected chi connectivity index (χ0v) is 18.1. The molecule has 4 rings (SSSR count). The van der Waals surface area contributed by atoms with Crippen molar-refractivity contribution in [3.8, 4) is 0 Å². The van der Waals surface area contributed by atoms with Crippen molar-refractivity contribution in [2.75, 3.05) is 44.3 Å². The van der Waals surface area contributed by atoms with Crippen molar-refractivity contribution in [1.29, 1.82) is 0 Å². The minimum atomic E-state index is -0.254. The average Bonchev–Trinajstić information content (AvgIpc) is 3.11. The quantitative estimate of drug-likeness (QED) is 0.717. The Balaban J connectivity index is 1.65. The number of carbonyl (C=O) groups is 1. The first-order chi connectivity index (χ1) is 13.5. The van der Waals surface area contributed by atoms with Gasteiger partial charge in [-0.15, -0.1) is 0 Å². The van der Waals surface area contributed by atoms with E-state index in [9.17, 15) is 4.79 Å². The molecule has 150 valence electrons. The zero-order valence-electron chi connectivity index (χ0n) is 15.8. The Morgan fingerprint density at radius 2 is 1.75 bits per heavy atom. The van der Waals surface area contributed by atoms with Gasteiger partial charge in [-0.3, -0.25) is 4.79 Å². The third-order valence-electron chi connectivity index (χ3n) is 5.77. The Bertz CT molecular complexity index is 842. The van der Waals surface area contributed by atoms with Gasteiger partial charge in [-0.1, -0.05) is 46.7 Å². The van der Waals surface area contributed by atoms with E-state index in [1.54, 1.807) is 6.92 Å². The van der Waals surface area contributed by atoms with Gasteiger partial charge in [0.15, 0.2) is 5.13 Å². The maximum absolute atomic E-state index is 11.6. The second-order valence-electron chi connectivity index (χ2n) is 7.31. The molecular weight excluding hydrogens is 417 g/mol. The number of carbonyl (C=O) groups excluding carboxylic acids is 1. The SMILES string of the molecule is CC(=O)N1CCN(c2nc(C3(c4ccc(Cl)cc4)CCOCC3)c(Cl)s2)CC1. The van der Waals surface area contributed by atoms with Crippen LogP contribution in [0.1, 0.15) is 31.0 Å². The molecule has 1 amide bonds. The molecular formula is C20H23Cl2N3O2S. The lowest BCUT2D eigenvalue weighted by atomic mass is 9.72. The fraction of sp³-hybridized carbons (Fsp3) is 0.500. The smallest absolute Gasteiger partial charge is 0.219 e. The minimum Gasteiger partial charge on any atom is -0.381 e. The van der Waals surface area contributed by atoms with Gasteiger partial charge in [-0.2, -0.15) is 0 Å². The van der Waals surface area contributed by atoms with Crippen molar-refractivity contribution in [3.63, 3.8) is 0 Å². The molecule has 0 bridgehead atoms. The van der Waals surface area contributed by atoms with E-state index in [2.05, 4.69) is 17.0 Å². The maximum Gasteiger partial charge on any atom is 0.219 e. The predicted octanol–water partition coefficient (Wildman–Crippen LogP) is 4.21. The number of thiazole rings is 1. The van der Waals surface area contributed by atoms with Crippen LogP contribution >= 0.6 is 34.5 Å². The van der Waals surface area contributed by atoms with Crippen molar-refractivity contribution in [2.24, 2.45) is 0 Å². The molecule has 0 spiro atoms. The molecule has 1 aromatic carbocycles. The van der Waals surface area contributed by atoms with Gasteiger partial charge in [0, 0.05) is 56.8 Å². The first kappa shape index (κ1) is 20.0. The highest BCUT2D eigenvalue weighted by Gasteiger charge is 2.41. The Morgan fingerprint density at radius 1 is 1.11 bits per heavy atom. The van der Waals surface area contributed by atoms with Crippen molar-refractivity contribution in [2.45, 2.75) is 25.2 Å². The summed E-state index contributed by atoms with van der Waals surface area (Å²) in [5.74, 6) is 0.126. The van der Waals surface area contributed by atoms with Crippen LogP contribution < -0.4 is 4.90 Å². The summed E-state index contributed by atoms with van der Waals surface area (Å²) in [6, 6.07) is 8.01. The first-order valence-corrected chi connectivity index (χ1v) is 11.1. The number of hydrogen-bond donors (Lipinski definition) is 0. The zero-order chi connectivity index (χ0) is 19.7. The summed E-state index contributed by atoms with van der Waals surface area (Å²) in [5.41, 5.74) is 1.87. The molecule has 2 saturated heterocycles. The Kier molecular flexibility index (Phi) is 5.83. The predicted molar refractivity (Wildman–Crippen MR) is 114 cm³/mol. The Labute approximate surface area is 179 Å². The third kappa shape index (κ3) is 3.75. The average molecular weight is 440 g/mol. The second kappa shape index (κ2) is 8.19. The van der Waals surface area contributed by atoms with Gasteiger partial charge >= 0.3 is 0 Å². The summed E-state index contributed by atoms with van der Waals surface area (Å²) in [4.78, 5) is 20.7. The molecule has 2 aliphatic rings. The second-order valence-corrected chi connectivity index (χ2v) is 9.33. The van der Waals surface area contributed by atoms with Crippen LogP contribution in [0.3, 0.4) is 0 Å². The molecule has 0 aliphatic carbocycles. The first-order valence-electron chi connectivity index (χ1n) is 9.51. The molecule has 0 unspecified atom stereocenters. The van der Waals surface area contributed by atoms with E-state index in [4.69, 9.17) is 32.9 Å². The number of rotatable bonds is 3. The molecule has 8 heteroatoms. The summed E-state index contributed by atoms with van der Waals surface area (Å²) < 4.78 is 6.38. The highest BCUT2D eigenvalue weighted by molar-refractivity contribution is 7.19. The molecule has 2 fully saturated rings. The van der Waals surface area contributed by atoms with Crippen LogP contribution in [-0.4, -0.2) is 55.2 Å². The lowest BCUT2D eigenvalue weighted by Gasteiger charge is -2.37. The van der Waals surface area contributed by atoms with Gasteiger partial charge in [0.25, 0.3) is 0 Å². The van der Waals surface area contributed by atoms with Crippen molar-refractivity contribution in [1.82, 2.24) is 9.88 Å². The monoisotopic (exact) mass is 439 g/mol. The molecule has 3 heterocycles. The van der Waals surface area contributed by atoms with Crippen molar-refractivity contribution >= 4 is 45.6 Å². The molecule has 2 aromatic rings. The number of amides is 1. The van der Waals surface area contributed by atoms with Gasteiger partial charge in [-0.05, 0) is 30.5 Å². The summed E-state index contributed by atoms with van der Waals surface area (Å²) in [6.45, 7) is 5.98. The van der Waals surface area contributed by atoms with Crippen LogP contribution in [-0.2, 0) is 14.9 Å². The molecule has 0 saturated carbocycles. The van der Waals surface area contributed by atoms with E-state index in [1.165, 1.54) is 16.9 Å². The number of hydrogen-bond acceptors (Lipinski definition) is 5. The molecule has 28 heavy (non-hydrogen) atoms. The topological polar surface area (TPSA) is 45.7 Å². The van der Waals surface area contributed by atoms with Gasteiger partial charge in [0.2, 0.25) is 5.91 Å². The largest absolute Gasteiger partial charge is 0.381 e. The number of benzene rings is 1. The van der Waals surface area contributed by atoms with Crippen LogP contribution in [0.25, 0.3) is 0 Å². The number of ether oxygens (including phenoxy) is 1. The molecule has 5 nitrogen and oxygen atoms in total. The van der Waals surface area contributed by atoms with Crippen LogP contribution in [0.2, 0.25) is 9.36 Å². The van der Waals surface area contributed by atoms with Crippen molar-refractivity contribution < 1.29 is 9.53 Å². The number of halogens is 2. The summed E-state index contributed by atoms with van der Waals surface area (Å²) >= 11 is 14.4. The van der Waals surface area contributed by atoms with Gasteiger partial charge in [0.1, 0.15) is 4.34 Å². The summed E-state index contributed by atoms with van der Waals surface area (Å²) in [5, 5.41) is 1.65. The lowest BCUT2D eigenvalue weighted by Crippen LogP contribution is -2.48. The number of nitrogens with zero attached hydrogens (tertiary/aromatic N) is 3. The molecule has 0 atom stereocenters. The highest BCUT2D eigenvalue weighted by Crippen LogP contribution is 2.47. The van der Waals surface area contributed by atoms with Crippen LogP contribution in [0.15, 0.2) is 24.3 Å². The van der Waals surface area contributed by atoms with E-state index in [0.29, 0.717) is 13.2 Å². The van der Waals surface area contributed by atoms with Gasteiger partial charge in [-0.25, -0.2) is 4.98 Å². The highest BCUT2D eigenvalue weighted by atomic mass is 35.5. The number of aromatic nitrogens is 1. The van der Waals surface area contributed by atoms with Gasteiger partial charge < -0.3 is 14.5 Å². The molecule has 1 aromatic heterocycles. The Hall–Kier alpha value is -1.34.